The summed E-state index contributed by atoms with van der Waals surface area (Å²) < 4.78 is 66.1. The van der Waals surface area contributed by atoms with Gasteiger partial charge in [0.1, 0.15) is 44.1 Å². The highest BCUT2D eigenvalue weighted by Crippen LogP contribution is 2.49. The molecule has 4 N–H and O–H groups in total. The van der Waals surface area contributed by atoms with Gasteiger partial charge in [0.15, 0.2) is 12.1 Å². The van der Waals surface area contributed by atoms with E-state index in [9.17, 15) is 23.7 Å². The normalized spacial score (nSPS) is 14.6. The molecule has 512 valence electrons. The van der Waals surface area contributed by atoms with E-state index in [1.165, 1.54) is 7.11 Å². The number of carbonyl (C=O) groups excluding carboxylic acids is 4. The average Bonchev–Trinajstić information content (AvgIpc) is 1.63. The van der Waals surface area contributed by atoms with E-state index in [4.69, 9.17) is 57.0 Å². The van der Waals surface area contributed by atoms with Crippen LogP contribution in [0.4, 0.5) is 9.59 Å². The molecular formula is C68H106N6O16P2+2. The van der Waals surface area contributed by atoms with Crippen molar-refractivity contribution in [1.82, 2.24) is 15.3 Å². The van der Waals surface area contributed by atoms with Crippen molar-refractivity contribution < 1.29 is 84.5 Å². The minimum absolute atomic E-state index is 0.0620. The van der Waals surface area contributed by atoms with Gasteiger partial charge >= 0.3 is 31.9 Å². The van der Waals surface area contributed by atoms with Gasteiger partial charge in [-0.25, -0.2) is 28.4 Å². The maximum absolute atomic E-state index is 13.0. The van der Waals surface area contributed by atoms with E-state index in [1.54, 1.807) is 62.5 Å². The molecule has 0 bridgehead atoms. The first-order chi connectivity index (χ1) is 42.8. The molecule has 4 aromatic carbocycles. The fourth-order valence-corrected chi connectivity index (χ4v) is 11.8. The third kappa shape index (κ3) is 28.4. The second-order valence-corrected chi connectivity index (χ2v) is 30.7. The minimum atomic E-state index is -3.99. The smallest absolute Gasteiger partial charge is 0.458 e. The number of rotatable bonds is 27. The van der Waals surface area contributed by atoms with E-state index in [2.05, 4.69) is 88.4 Å². The molecule has 0 saturated heterocycles. The number of aliphatic hydroxyl groups is 2. The number of esters is 2. The number of phosphoric acid groups is 1. The summed E-state index contributed by atoms with van der Waals surface area (Å²) in [6.07, 6.45) is -0.556. The van der Waals surface area contributed by atoms with Gasteiger partial charge in [-0.05, 0) is 134 Å². The Balaban J connectivity index is 0.000000392. The molecule has 92 heavy (non-hydrogen) atoms. The molecule has 0 radical (unpaired) electrons. The summed E-state index contributed by atoms with van der Waals surface area (Å²) in [6.45, 7) is 23.4. The lowest BCUT2D eigenvalue weighted by molar-refractivity contribution is -0.870. The Morgan fingerprint density at radius 3 is 1.27 bits per heavy atom. The number of alkyl carbamates (subject to hydrolysis) is 2. The van der Waals surface area contributed by atoms with Gasteiger partial charge in [0.2, 0.25) is 0 Å². The van der Waals surface area contributed by atoms with Crippen LogP contribution in [0.5, 0.6) is 0 Å². The molecular weight excluding hydrogens is 1220 g/mol. The van der Waals surface area contributed by atoms with Crippen LogP contribution in [0.3, 0.4) is 0 Å². The first kappa shape index (κ1) is 80.3. The van der Waals surface area contributed by atoms with Crippen LogP contribution in [-0.2, 0) is 55.7 Å². The summed E-state index contributed by atoms with van der Waals surface area (Å²) >= 11 is 0. The number of phosphoric ester groups is 1. The number of fused-ring (bicyclic) bond motifs is 6. The Morgan fingerprint density at radius 2 is 0.989 bits per heavy atom. The molecule has 2 aliphatic carbocycles. The van der Waals surface area contributed by atoms with Crippen LogP contribution in [0.2, 0.25) is 0 Å². The zero-order chi connectivity index (χ0) is 69.4. The molecule has 4 aromatic rings. The second-order valence-electron chi connectivity index (χ2n) is 27.4. The zero-order valence-electron chi connectivity index (χ0n) is 58.1. The van der Waals surface area contributed by atoms with Gasteiger partial charge in [0.05, 0.1) is 73.8 Å². The summed E-state index contributed by atoms with van der Waals surface area (Å²) in [6, 6.07) is 32.1. The van der Waals surface area contributed by atoms with Crippen molar-refractivity contribution in [3.63, 3.8) is 0 Å². The number of hydrogen-bond acceptors (Lipinski definition) is 18. The van der Waals surface area contributed by atoms with Gasteiger partial charge in [0, 0.05) is 44.6 Å². The van der Waals surface area contributed by atoms with Crippen molar-refractivity contribution in [2.75, 3.05) is 109 Å². The van der Waals surface area contributed by atoms with Gasteiger partial charge in [-0.15, -0.1) is 0 Å². The number of benzene rings is 4. The van der Waals surface area contributed by atoms with Crippen molar-refractivity contribution in [3.05, 3.63) is 119 Å². The van der Waals surface area contributed by atoms with E-state index in [-0.39, 0.29) is 57.0 Å². The lowest BCUT2D eigenvalue weighted by Crippen LogP contribution is -2.47. The Labute approximate surface area is 548 Å². The van der Waals surface area contributed by atoms with Crippen LogP contribution >= 0.6 is 16.3 Å². The fourth-order valence-electron chi connectivity index (χ4n) is 9.37. The highest BCUT2D eigenvalue weighted by atomic mass is 31.2. The standard InChI is InChI=1S/C29H41N2O6P.C28H39N2O8P.C6H11NO.C5H14NO/c1-19(2)31(20(3)4)38(34-8)36-18-26(27(32)37-29(5,6)7)30-28(33)35-17-25-23-15-11-9-13-21(23)22-14-10-12-16-24(22)25;1-28(2,3)38-26(31)25(19-37-39(33,34-7)36-17-16-30(4,5)6)29-27(32)35-18-24-22-14-10-8-12-20(22)21-13-9-11-15-23(21)24;1-6(2,8)4-3-5-7;1-6(2,3)4-5-7/h9-16,19-20,25-26H,17-18H2,1-8H3,(H,30,33);8-15,24-25H,16-19H2,1-7H3;8H,3-4H2,1-2H3;7H,4-5H2,1-3H3/q;;;+1/p+1/t26-,38?;25-,39?;;/m00../s1. The second kappa shape index (κ2) is 36.7. The summed E-state index contributed by atoms with van der Waals surface area (Å²) in [5.41, 5.74) is 6.60. The lowest BCUT2D eigenvalue weighted by Gasteiger charge is -2.35. The van der Waals surface area contributed by atoms with Gasteiger partial charge in [-0.3, -0.25) is 13.6 Å². The summed E-state index contributed by atoms with van der Waals surface area (Å²) in [4.78, 5) is 51.7. The number of amides is 2. The topological polar surface area (TPSA) is 260 Å². The predicted molar refractivity (Wildman–Crippen MR) is 358 cm³/mol. The number of ether oxygens (including phenoxy) is 4. The molecule has 0 heterocycles. The van der Waals surface area contributed by atoms with Gasteiger partial charge in [-0.2, -0.15) is 5.26 Å². The number of nitrogens with zero attached hydrogens (tertiary/aromatic N) is 4. The largest absolute Gasteiger partial charge is 0.474 e. The third-order valence-corrected chi connectivity index (χ3v) is 17.1. The van der Waals surface area contributed by atoms with Crippen LogP contribution in [0.1, 0.15) is 130 Å². The number of carbonyl (C=O) groups is 4. The fraction of sp³-hybridized carbons (Fsp3) is 0.574. The number of likely N-dealkylation sites (N-methyl/N-ethyl adjacent to an activating group) is 2. The molecule has 0 fully saturated rings. The van der Waals surface area contributed by atoms with Crippen LogP contribution in [0.25, 0.3) is 22.3 Å². The van der Waals surface area contributed by atoms with Crippen molar-refractivity contribution in [2.45, 2.75) is 149 Å². The van der Waals surface area contributed by atoms with E-state index >= 15 is 0 Å². The predicted octanol–water partition coefficient (Wildman–Crippen LogP) is 11.7. The van der Waals surface area contributed by atoms with Crippen LogP contribution < -0.4 is 10.6 Å². The minimum Gasteiger partial charge on any atom is -0.458 e. The first-order valence-electron chi connectivity index (χ1n) is 31.0. The highest BCUT2D eigenvalue weighted by molar-refractivity contribution is 7.48. The molecule has 2 unspecified atom stereocenters. The average molecular weight is 1330 g/mol. The van der Waals surface area contributed by atoms with E-state index in [0.717, 1.165) is 55.5 Å². The van der Waals surface area contributed by atoms with Crippen molar-refractivity contribution in [2.24, 2.45) is 0 Å². The molecule has 22 nitrogen and oxygen atoms in total. The Morgan fingerprint density at radius 1 is 0.620 bits per heavy atom. The molecule has 0 spiro atoms. The summed E-state index contributed by atoms with van der Waals surface area (Å²) in [5, 5.41) is 30.6. The van der Waals surface area contributed by atoms with Crippen molar-refractivity contribution >= 4 is 40.5 Å². The number of nitrogens with one attached hydrogen (secondary N) is 2. The molecule has 2 amide bonds. The van der Waals surface area contributed by atoms with Crippen LogP contribution in [0, 0.1) is 11.3 Å². The van der Waals surface area contributed by atoms with Crippen LogP contribution in [0.15, 0.2) is 97.1 Å². The SMILES string of the molecule is CC(C)(O)CCC#N.COP(=O)(OCC[N+](C)(C)C)OC[C@H](NC(=O)OCC1c2ccccc2-c2ccccc21)C(=O)OC(C)(C)C.COP(OC[C@H](NC(=O)OCC1c2ccccc2-c2ccccc21)C(=O)OC(C)(C)C)N(C(C)C)C(C)C.C[N+](C)(C)CCO. The van der Waals surface area contributed by atoms with E-state index in [1.807, 2.05) is 100 Å². The van der Waals surface area contributed by atoms with Gasteiger partial charge in [-0.1, -0.05) is 97.1 Å². The molecule has 0 aliphatic heterocycles. The van der Waals surface area contributed by atoms with E-state index < -0.39 is 76.0 Å². The summed E-state index contributed by atoms with van der Waals surface area (Å²) in [5.74, 6) is -1.61. The number of aliphatic hydroxyl groups excluding tert-OH is 1. The Hall–Kier alpha value is -5.89. The van der Waals surface area contributed by atoms with Gasteiger partial charge in [0.25, 0.3) is 8.53 Å². The first-order valence-corrected chi connectivity index (χ1v) is 33.6. The zero-order valence-corrected chi connectivity index (χ0v) is 59.9. The molecule has 24 heteroatoms. The van der Waals surface area contributed by atoms with Crippen molar-refractivity contribution in [3.8, 4) is 28.3 Å². The number of hydrogen-bond donors (Lipinski definition) is 4. The number of nitriles is 1. The quantitative estimate of drug-likeness (QED) is 0.0187. The van der Waals surface area contributed by atoms with Gasteiger partial charge < -0.3 is 57.8 Å². The van der Waals surface area contributed by atoms with Crippen LogP contribution in [-0.4, -0.2) is 198 Å². The maximum atomic E-state index is 13.0. The monoisotopic (exact) mass is 1320 g/mol. The molecule has 4 atom stereocenters. The Kier molecular flexibility index (Phi) is 32.0. The van der Waals surface area contributed by atoms with Crippen molar-refractivity contribution in [1.29, 1.82) is 5.26 Å². The highest BCUT2D eigenvalue weighted by Gasteiger charge is 2.37. The molecule has 6 rings (SSSR count). The molecule has 0 saturated carbocycles. The summed E-state index contributed by atoms with van der Waals surface area (Å²) in [7, 11) is 9.34. The molecule has 2 aliphatic rings. The third-order valence-electron chi connectivity index (χ3n) is 13.7. The van der Waals surface area contributed by atoms with E-state index in [0.29, 0.717) is 23.9 Å². The lowest BCUT2D eigenvalue weighted by atomic mass is 9.98. The maximum Gasteiger partial charge on any atom is 0.474 e. The molecule has 0 aromatic heterocycles. The number of quaternary nitrogens is 2. The Bertz CT molecular complexity index is 2950.